The lowest BCUT2D eigenvalue weighted by molar-refractivity contribution is 0.304. The predicted molar refractivity (Wildman–Crippen MR) is 76.7 cm³/mol. The van der Waals surface area contributed by atoms with E-state index in [1.807, 2.05) is 6.92 Å². The average molecular weight is 311 g/mol. The summed E-state index contributed by atoms with van der Waals surface area (Å²) in [5, 5.41) is 3.48. The standard InChI is InChI=1S/C14H19BrN2O/c1-10(2)5-6-18-14-11(7-12(15)9-17-14)8-16-13-3-4-13/h7,9,13,16H,1,3-6,8H2,2H3. The summed E-state index contributed by atoms with van der Waals surface area (Å²) in [5.41, 5.74) is 2.24. The number of aromatic nitrogens is 1. The zero-order valence-corrected chi connectivity index (χ0v) is 12.3. The molecule has 18 heavy (non-hydrogen) atoms. The quantitative estimate of drug-likeness (QED) is 0.783. The van der Waals surface area contributed by atoms with E-state index in [1.54, 1.807) is 6.20 Å². The monoisotopic (exact) mass is 310 g/mol. The third-order valence-electron chi connectivity index (χ3n) is 2.82. The van der Waals surface area contributed by atoms with Crippen LogP contribution in [0, 0.1) is 0 Å². The molecule has 3 nitrogen and oxygen atoms in total. The fourth-order valence-electron chi connectivity index (χ4n) is 1.59. The number of ether oxygens (including phenoxy) is 1. The van der Waals surface area contributed by atoms with E-state index in [0.29, 0.717) is 12.6 Å². The Morgan fingerprint density at radius 2 is 2.39 bits per heavy atom. The average Bonchev–Trinajstić information content (AvgIpc) is 3.12. The molecule has 1 saturated carbocycles. The molecule has 0 aliphatic heterocycles. The highest BCUT2D eigenvalue weighted by atomic mass is 79.9. The van der Waals surface area contributed by atoms with Gasteiger partial charge in [0.15, 0.2) is 0 Å². The van der Waals surface area contributed by atoms with Gasteiger partial charge in [-0.15, -0.1) is 6.58 Å². The van der Waals surface area contributed by atoms with Crippen molar-refractivity contribution in [3.63, 3.8) is 0 Å². The van der Waals surface area contributed by atoms with Gasteiger partial charge in [-0.2, -0.15) is 0 Å². The van der Waals surface area contributed by atoms with E-state index in [9.17, 15) is 0 Å². The molecule has 0 aromatic carbocycles. The van der Waals surface area contributed by atoms with Crippen LogP contribution in [0.4, 0.5) is 0 Å². The molecule has 1 N–H and O–H groups in total. The Morgan fingerprint density at radius 3 is 3.06 bits per heavy atom. The summed E-state index contributed by atoms with van der Waals surface area (Å²) in [4.78, 5) is 4.33. The van der Waals surface area contributed by atoms with Crippen molar-refractivity contribution in [1.82, 2.24) is 10.3 Å². The SMILES string of the molecule is C=C(C)CCOc1ncc(Br)cc1CNC1CC1. The fourth-order valence-corrected chi connectivity index (χ4v) is 1.97. The van der Waals surface area contributed by atoms with Gasteiger partial charge in [0.1, 0.15) is 0 Å². The molecule has 98 valence electrons. The van der Waals surface area contributed by atoms with E-state index in [2.05, 4.69) is 38.9 Å². The van der Waals surface area contributed by atoms with Crippen LogP contribution in [0.5, 0.6) is 5.88 Å². The van der Waals surface area contributed by atoms with E-state index in [4.69, 9.17) is 4.74 Å². The topological polar surface area (TPSA) is 34.1 Å². The maximum absolute atomic E-state index is 5.72. The van der Waals surface area contributed by atoms with Crippen molar-refractivity contribution in [2.24, 2.45) is 0 Å². The second-order valence-electron chi connectivity index (χ2n) is 4.83. The van der Waals surface area contributed by atoms with Crippen molar-refractivity contribution in [3.8, 4) is 5.88 Å². The summed E-state index contributed by atoms with van der Waals surface area (Å²) in [5.74, 6) is 0.729. The maximum Gasteiger partial charge on any atom is 0.217 e. The Bertz CT molecular complexity index is 430. The van der Waals surface area contributed by atoms with Crippen LogP contribution in [0.15, 0.2) is 28.9 Å². The molecule has 1 fully saturated rings. The number of hydrogen-bond acceptors (Lipinski definition) is 3. The van der Waals surface area contributed by atoms with Crippen molar-refractivity contribution < 1.29 is 4.74 Å². The summed E-state index contributed by atoms with van der Waals surface area (Å²) >= 11 is 3.45. The molecule has 0 atom stereocenters. The lowest BCUT2D eigenvalue weighted by Crippen LogP contribution is -2.16. The first kappa shape index (κ1) is 13.6. The molecule has 0 amide bonds. The van der Waals surface area contributed by atoms with Gasteiger partial charge in [-0.25, -0.2) is 4.98 Å². The summed E-state index contributed by atoms with van der Waals surface area (Å²) in [6.07, 6.45) is 5.21. The lowest BCUT2D eigenvalue weighted by atomic mass is 10.2. The number of pyridine rings is 1. The number of nitrogens with zero attached hydrogens (tertiary/aromatic N) is 1. The normalized spacial score (nSPS) is 14.6. The van der Waals surface area contributed by atoms with Crippen LogP contribution in [0.2, 0.25) is 0 Å². The molecule has 0 bridgehead atoms. The molecule has 0 radical (unpaired) electrons. The van der Waals surface area contributed by atoms with Crippen molar-refractivity contribution in [2.75, 3.05) is 6.61 Å². The van der Waals surface area contributed by atoms with Crippen LogP contribution < -0.4 is 10.1 Å². The molecular weight excluding hydrogens is 292 g/mol. The highest BCUT2D eigenvalue weighted by molar-refractivity contribution is 9.10. The molecule has 0 saturated heterocycles. The van der Waals surface area contributed by atoms with E-state index >= 15 is 0 Å². The summed E-state index contributed by atoms with van der Waals surface area (Å²) in [6, 6.07) is 2.76. The van der Waals surface area contributed by atoms with Crippen LogP contribution in [-0.4, -0.2) is 17.6 Å². The first-order valence-electron chi connectivity index (χ1n) is 6.30. The Labute approximate surface area is 117 Å². The van der Waals surface area contributed by atoms with Gasteiger partial charge < -0.3 is 10.1 Å². The Morgan fingerprint density at radius 1 is 1.61 bits per heavy atom. The highest BCUT2D eigenvalue weighted by Gasteiger charge is 2.20. The molecule has 2 rings (SSSR count). The lowest BCUT2D eigenvalue weighted by Gasteiger charge is -2.11. The molecular formula is C14H19BrN2O. The minimum absolute atomic E-state index is 0.639. The Kier molecular flexibility index (Phi) is 4.78. The number of hydrogen-bond donors (Lipinski definition) is 1. The fraction of sp³-hybridized carbons (Fsp3) is 0.500. The summed E-state index contributed by atoms with van der Waals surface area (Å²) in [7, 11) is 0. The zero-order chi connectivity index (χ0) is 13.0. The van der Waals surface area contributed by atoms with Crippen molar-refractivity contribution in [3.05, 3.63) is 34.5 Å². The minimum Gasteiger partial charge on any atom is -0.477 e. The molecule has 0 unspecified atom stereocenters. The number of halogens is 1. The molecule has 1 aliphatic carbocycles. The molecule has 1 aliphatic rings. The highest BCUT2D eigenvalue weighted by Crippen LogP contribution is 2.23. The number of nitrogens with one attached hydrogen (secondary N) is 1. The van der Waals surface area contributed by atoms with E-state index in [1.165, 1.54) is 12.8 Å². The van der Waals surface area contributed by atoms with Gasteiger partial charge in [-0.05, 0) is 41.8 Å². The van der Waals surface area contributed by atoms with Gasteiger partial charge >= 0.3 is 0 Å². The first-order valence-corrected chi connectivity index (χ1v) is 7.09. The van der Waals surface area contributed by atoms with Gasteiger partial charge in [0.05, 0.1) is 6.61 Å². The first-order chi connectivity index (χ1) is 8.65. The zero-order valence-electron chi connectivity index (χ0n) is 10.7. The minimum atomic E-state index is 0.639. The third kappa shape index (κ3) is 4.42. The van der Waals surface area contributed by atoms with Crippen molar-refractivity contribution >= 4 is 15.9 Å². The molecule has 4 heteroatoms. The Hall–Kier alpha value is -0.870. The summed E-state index contributed by atoms with van der Waals surface area (Å²) < 4.78 is 6.71. The second kappa shape index (κ2) is 6.34. The maximum atomic E-state index is 5.72. The van der Waals surface area contributed by atoms with Crippen LogP contribution >= 0.6 is 15.9 Å². The van der Waals surface area contributed by atoms with E-state index in [-0.39, 0.29) is 0 Å². The van der Waals surface area contributed by atoms with Crippen molar-refractivity contribution in [1.29, 1.82) is 0 Å². The van der Waals surface area contributed by atoms with Crippen LogP contribution in [0.25, 0.3) is 0 Å². The summed E-state index contributed by atoms with van der Waals surface area (Å²) in [6.45, 7) is 7.34. The van der Waals surface area contributed by atoms with Gasteiger partial charge in [-0.1, -0.05) is 5.57 Å². The third-order valence-corrected chi connectivity index (χ3v) is 3.25. The molecule has 1 aromatic heterocycles. The van der Waals surface area contributed by atoms with Gasteiger partial charge in [0.25, 0.3) is 0 Å². The predicted octanol–water partition coefficient (Wildman–Crippen LogP) is 3.44. The molecule has 0 spiro atoms. The van der Waals surface area contributed by atoms with E-state index < -0.39 is 0 Å². The van der Waals surface area contributed by atoms with Crippen LogP contribution in [-0.2, 0) is 6.54 Å². The second-order valence-corrected chi connectivity index (χ2v) is 5.74. The van der Waals surface area contributed by atoms with Crippen molar-refractivity contribution in [2.45, 2.75) is 38.8 Å². The number of rotatable bonds is 7. The molecule has 1 aromatic rings. The smallest absolute Gasteiger partial charge is 0.217 e. The van der Waals surface area contributed by atoms with Gasteiger partial charge in [0, 0.05) is 35.2 Å². The van der Waals surface area contributed by atoms with E-state index in [0.717, 1.165) is 34.5 Å². The van der Waals surface area contributed by atoms with Gasteiger partial charge in [-0.3, -0.25) is 0 Å². The molecule has 1 heterocycles. The van der Waals surface area contributed by atoms with Gasteiger partial charge in [0.2, 0.25) is 5.88 Å². The largest absolute Gasteiger partial charge is 0.477 e. The Balaban J connectivity index is 1.94. The van der Waals surface area contributed by atoms with Crippen LogP contribution in [0.1, 0.15) is 31.7 Å². The van der Waals surface area contributed by atoms with Crippen LogP contribution in [0.3, 0.4) is 0 Å².